The summed E-state index contributed by atoms with van der Waals surface area (Å²) in [6.45, 7) is 1.67. The fourth-order valence-corrected chi connectivity index (χ4v) is 3.23. The van der Waals surface area contributed by atoms with Gasteiger partial charge in [0.15, 0.2) is 0 Å². The highest BCUT2D eigenvalue weighted by molar-refractivity contribution is 6.29. The van der Waals surface area contributed by atoms with Crippen molar-refractivity contribution in [3.8, 4) is 6.07 Å². The fourth-order valence-electron chi connectivity index (χ4n) is 3.03. The molecule has 0 aliphatic carbocycles. The standard InChI is InChI=1S/C14H15ClN4O/c15-12-5-9(7-16)6-13(18-12)19-4-3-11-10(8-19)1-2-14(20)17-11/h5-6,10-11H,1-4,8H2,(H,17,20). The molecule has 3 heterocycles. The third kappa shape index (κ3) is 2.56. The van der Waals surface area contributed by atoms with Crippen LogP contribution in [0.3, 0.4) is 0 Å². The lowest BCUT2D eigenvalue weighted by Gasteiger charge is -2.41. The minimum atomic E-state index is 0.160. The summed E-state index contributed by atoms with van der Waals surface area (Å²) in [5.41, 5.74) is 0.527. The lowest BCUT2D eigenvalue weighted by molar-refractivity contribution is -0.124. The molecule has 2 aliphatic rings. The van der Waals surface area contributed by atoms with Crippen LogP contribution in [0.5, 0.6) is 0 Å². The van der Waals surface area contributed by atoms with E-state index in [1.807, 2.05) is 0 Å². The number of hydrogen-bond donors (Lipinski definition) is 1. The van der Waals surface area contributed by atoms with Crippen LogP contribution in [-0.2, 0) is 4.79 Å². The Morgan fingerprint density at radius 2 is 2.30 bits per heavy atom. The SMILES string of the molecule is N#Cc1cc(Cl)nc(N2CCC3NC(=O)CCC3C2)c1. The van der Waals surface area contributed by atoms with Gasteiger partial charge in [-0.05, 0) is 30.9 Å². The van der Waals surface area contributed by atoms with Crippen LogP contribution < -0.4 is 10.2 Å². The molecule has 0 radical (unpaired) electrons. The van der Waals surface area contributed by atoms with Gasteiger partial charge in [-0.1, -0.05) is 11.6 Å². The van der Waals surface area contributed by atoms with Gasteiger partial charge in [-0.25, -0.2) is 4.98 Å². The third-order valence-corrected chi connectivity index (χ3v) is 4.25. The second-order valence-corrected chi connectivity index (χ2v) is 5.74. The van der Waals surface area contributed by atoms with Crippen molar-refractivity contribution in [2.45, 2.75) is 25.3 Å². The first-order valence-corrected chi connectivity index (χ1v) is 7.15. The Bertz CT molecular complexity index is 583. The van der Waals surface area contributed by atoms with Gasteiger partial charge < -0.3 is 10.2 Å². The number of pyridine rings is 1. The van der Waals surface area contributed by atoms with Crippen LogP contribution in [0.25, 0.3) is 0 Å². The van der Waals surface area contributed by atoms with E-state index in [4.69, 9.17) is 16.9 Å². The zero-order valence-electron chi connectivity index (χ0n) is 11.0. The number of anilines is 1. The molecule has 0 saturated carbocycles. The van der Waals surface area contributed by atoms with Crippen LogP contribution in [0.15, 0.2) is 12.1 Å². The number of halogens is 1. The van der Waals surface area contributed by atoms with Crippen molar-refractivity contribution >= 4 is 23.3 Å². The number of nitrogens with one attached hydrogen (secondary N) is 1. The molecule has 104 valence electrons. The average Bonchev–Trinajstić information content (AvgIpc) is 2.46. The Hall–Kier alpha value is -1.80. The largest absolute Gasteiger partial charge is 0.356 e. The number of hydrogen-bond acceptors (Lipinski definition) is 4. The van der Waals surface area contributed by atoms with Crippen LogP contribution in [-0.4, -0.2) is 30.0 Å². The Morgan fingerprint density at radius 3 is 3.10 bits per heavy atom. The topological polar surface area (TPSA) is 69.0 Å². The van der Waals surface area contributed by atoms with Crippen molar-refractivity contribution in [1.29, 1.82) is 5.26 Å². The minimum absolute atomic E-state index is 0.160. The second-order valence-electron chi connectivity index (χ2n) is 5.36. The first-order chi connectivity index (χ1) is 9.65. The van der Waals surface area contributed by atoms with Gasteiger partial charge in [0.05, 0.1) is 11.6 Å². The molecule has 1 N–H and O–H groups in total. The molecule has 2 saturated heterocycles. The van der Waals surface area contributed by atoms with Gasteiger partial charge in [0.25, 0.3) is 0 Å². The number of piperidine rings is 2. The second kappa shape index (κ2) is 5.29. The maximum absolute atomic E-state index is 11.4. The van der Waals surface area contributed by atoms with Gasteiger partial charge >= 0.3 is 0 Å². The van der Waals surface area contributed by atoms with Gasteiger partial charge in [-0.15, -0.1) is 0 Å². The van der Waals surface area contributed by atoms with Crippen molar-refractivity contribution in [2.24, 2.45) is 5.92 Å². The van der Waals surface area contributed by atoms with Gasteiger partial charge in [-0.3, -0.25) is 4.79 Å². The summed E-state index contributed by atoms with van der Waals surface area (Å²) < 4.78 is 0. The van der Waals surface area contributed by atoms with E-state index in [0.29, 0.717) is 23.1 Å². The highest BCUT2D eigenvalue weighted by Gasteiger charge is 2.34. The van der Waals surface area contributed by atoms with Crippen LogP contribution in [0.1, 0.15) is 24.8 Å². The van der Waals surface area contributed by atoms with Crippen molar-refractivity contribution in [2.75, 3.05) is 18.0 Å². The molecule has 2 aliphatic heterocycles. The zero-order chi connectivity index (χ0) is 14.1. The van der Waals surface area contributed by atoms with E-state index in [-0.39, 0.29) is 11.9 Å². The molecular weight excluding hydrogens is 276 g/mol. The molecule has 6 heteroatoms. The molecule has 0 aromatic carbocycles. The van der Waals surface area contributed by atoms with Crippen LogP contribution >= 0.6 is 11.6 Å². The van der Waals surface area contributed by atoms with E-state index in [9.17, 15) is 4.79 Å². The molecule has 1 amide bonds. The maximum Gasteiger partial charge on any atom is 0.220 e. The van der Waals surface area contributed by atoms with Gasteiger partial charge in [0.2, 0.25) is 5.91 Å². The van der Waals surface area contributed by atoms with Crippen molar-refractivity contribution in [3.05, 3.63) is 22.8 Å². The monoisotopic (exact) mass is 290 g/mol. The number of nitrogens with zero attached hydrogens (tertiary/aromatic N) is 3. The summed E-state index contributed by atoms with van der Waals surface area (Å²) in [5.74, 6) is 1.37. The highest BCUT2D eigenvalue weighted by Crippen LogP contribution is 2.28. The smallest absolute Gasteiger partial charge is 0.220 e. The first kappa shape index (κ1) is 13.2. The van der Waals surface area contributed by atoms with Crippen LogP contribution in [0.4, 0.5) is 5.82 Å². The first-order valence-electron chi connectivity index (χ1n) is 6.77. The summed E-state index contributed by atoms with van der Waals surface area (Å²) in [5, 5.41) is 12.4. The summed E-state index contributed by atoms with van der Waals surface area (Å²) in [6, 6.07) is 5.72. The molecule has 0 bridgehead atoms. The average molecular weight is 291 g/mol. The van der Waals surface area contributed by atoms with E-state index >= 15 is 0 Å². The minimum Gasteiger partial charge on any atom is -0.356 e. The van der Waals surface area contributed by atoms with Gasteiger partial charge in [0.1, 0.15) is 11.0 Å². The molecule has 1 aromatic rings. The molecular formula is C14H15ClN4O. The molecule has 2 atom stereocenters. The molecule has 20 heavy (non-hydrogen) atoms. The van der Waals surface area contributed by atoms with E-state index in [1.165, 1.54) is 0 Å². The van der Waals surface area contributed by atoms with Crippen LogP contribution in [0, 0.1) is 17.2 Å². The third-order valence-electron chi connectivity index (χ3n) is 4.06. The quantitative estimate of drug-likeness (QED) is 0.800. The molecule has 3 rings (SSSR count). The van der Waals surface area contributed by atoms with E-state index in [1.54, 1.807) is 12.1 Å². The number of carbonyl (C=O) groups excluding carboxylic acids is 1. The summed E-state index contributed by atoms with van der Waals surface area (Å²) in [4.78, 5) is 17.9. The molecule has 1 aromatic heterocycles. The van der Waals surface area contributed by atoms with Gasteiger partial charge in [0, 0.05) is 25.6 Å². The summed E-state index contributed by atoms with van der Waals surface area (Å²) in [6.07, 6.45) is 2.42. The van der Waals surface area contributed by atoms with Crippen molar-refractivity contribution in [1.82, 2.24) is 10.3 Å². The van der Waals surface area contributed by atoms with Crippen molar-refractivity contribution < 1.29 is 4.79 Å². The predicted molar refractivity (Wildman–Crippen MR) is 75.4 cm³/mol. The number of carbonyl (C=O) groups is 1. The Labute approximate surface area is 122 Å². The zero-order valence-corrected chi connectivity index (χ0v) is 11.7. The Kier molecular flexibility index (Phi) is 3.49. The summed E-state index contributed by atoms with van der Waals surface area (Å²) in [7, 11) is 0. The normalized spacial score (nSPS) is 25.6. The molecule has 5 nitrogen and oxygen atoms in total. The van der Waals surface area contributed by atoms with Crippen LogP contribution in [0.2, 0.25) is 5.15 Å². The molecule has 2 unspecified atom stereocenters. The summed E-state index contributed by atoms with van der Waals surface area (Å²) >= 11 is 5.96. The van der Waals surface area contributed by atoms with E-state index < -0.39 is 0 Å². The predicted octanol–water partition coefficient (Wildman–Crippen LogP) is 1.71. The number of fused-ring (bicyclic) bond motifs is 1. The van der Waals surface area contributed by atoms with Gasteiger partial charge in [-0.2, -0.15) is 5.26 Å². The van der Waals surface area contributed by atoms with Crippen molar-refractivity contribution in [3.63, 3.8) is 0 Å². The fraction of sp³-hybridized carbons (Fsp3) is 0.500. The van der Waals surface area contributed by atoms with E-state index in [0.717, 1.165) is 31.7 Å². The Morgan fingerprint density at radius 1 is 1.45 bits per heavy atom. The lowest BCUT2D eigenvalue weighted by Crippen LogP contribution is -2.54. The molecule has 0 spiro atoms. The van der Waals surface area contributed by atoms with E-state index in [2.05, 4.69) is 21.3 Å². The number of amides is 1. The Balaban J connectivity index is 1.78. The maximum atomic E-state index is 11.4. The number of rotatable bonds is 1. The number of aromatic nitrogens is 1. The molecule has 2 fully saturated rings. The highest BCUT2D eigenvalue weighted by atomic mass is 35.5. The number of nitriles is 1. The lowest BCUT2D eigenvalue weighted by atomic mass is 9.85.